The molecule has 6 radical (unpaired) electrons. The molecule has 3 N–H and O–H groups in total. The fourth-order valence-electron chi connectivity index (χ4n) is 25.2. The van der Waals surface area contributed by atoms with E-state index in [1.807, 2.05) is 0 Å². The van der Waals surface area contributed by atoms with E-state index >= 15 is 0 Å². The predicted molar refractivity (Wildman–Crippen MR) is 206 cm³/mol. The van der Waals surface area contributed by atoms with Crippen LogP contribution in [0.1, 0.15) is 96.3 Å². The highest BCUT2D eigenvalue weighted by Crippen LogP contribution is 2.85. The van der Waals surface area contributed by atoms with Crippen molar-refractivity contribution in [2.75, 3.05) is 0 Å². The Bertz CT molecular complexity index is 1600. The number of fused-ring (bicyclic) bond motifs is 3. The molecule has 31 atom stereocenters. The van der Waals surface area contributed by atoms with Gasteiger partial charge in [0, 0.05) is 30.1 Å². The topological polar surface area (TPSA) is 88.4 Å². The number of hydrogen-bond donors (Lipinski definition) is 3. The van der Waals surface area contributed by atoms with Crippen LogP contribution >= 0.6 is 0 Å². The van der Waals surface area contributed by atoms with E-state index in [0.29, 0.717) is 29.6 Å². The highest BCUT2D eigenvalue weighted by Gasteiger charge is 2.82. The molecule has 15 aliphatic rings. The van der Waals surface area contributed by atoms with Crippen molar-refractivity contribution in [3.8, 4) is 0 Å². The van der Waals surface area contributed by atoms with Crippen molar-refractivity contribution in [2.24, 2.45) is 166 Å². The Balaban J connectivity index is 0.985. The lowest BCUT2D eigenvalue weighted by Crippen LogP contribution is -2.81. The Morgan fingerprint density at radius 2 is 0.691 bits per heavy atom. The quantitative estimate of drug-likeness (QED) is 0.288. The van der Waals surface area contributed by atoms with E-state index in [0.717, 1.165) is 160 Å². The van der Waals surface area contributed by atoms with Crippen LogP contribution in [-0.2, 0) is 14.0 Å². The SMILES string of the molecule is O[B-]OC1CCC2C3CCC4C5CCCC6CC7CCC8CCC9C%10CCC%11CC(O[B-]O)C%12C(O[B-]O)C1C2C1C%12C%11C%10C2C%10C9C8C7C(C65)C%10C4C3C12. The standard InChI is InChI=1S/C46H64B3O6/c50-47-53-26-13-12-25-24-11-10-23-20-3-1-2-17-14-18-5-4-16-6-8-21-22-9-7-19-15-27(54-48-51)38-40-31(19)33(22)42-41-32(21)29(16)30(18)39(28(17)20)43(41)34(23)35(24)44(42)45(40)36(25)37(26)46(38)55-49-52/h16-46,50-52H,1-15H2/q-3. The summed E-state index contributed by atoms with van der Waals surface area (Å²) in [4.78, 5) is 0. The summed E-state index contributed by atoms with van der Waals surface area (Å²) >= 11 is 0. The molecule has 0 aromatic heterocycles. The zero-order valence-corrected chi connectivity index (χ0v) is 32.8. The van der Waals surface area contributed by atoms with Gasteiger partial charge in [0.15, 0.2) is 0 Å². The summed E-state index contributed by atoms with van der Waals surface area (Å²) in [7, 11) is 2.97. The molecule has 15 saturated carbocycles. The molecule has 15 fully saturated rings. The van der Waals surface area contributed by atoms with Crippen LogP contribution in [0.4, 0.5) is 0 Å². The summed E-state index contributed by atoms with van der Waals surface area (Å²) in [6.45, 7) is 0. The molecule has 0 aromatic carbocycles. The van der Waals surface area contributed by atoms with E-state index < -0.39 is 0 Å². The minimum Gasteiger partial charge on any atom is -0.639 e. The second-order valence-electron chi connectivity index (χ2n) is 24.0. The molecule has 0 amide bonds. The van der Waals surface area contributed by atoms with Gasteiger partial charge in [0.2, 0.25) is 0 Å². The summed E-state index contributed by atoms with van der Waals surface area (Å²) in [6.07, 6.45) is 21.1. The lowest BCUT2D eigenvalue weighted by atomic mass is 9.21. The molecule has 0 spiro atoms. The Labute approximate surface area is 331 Å². The minimum absolute atomic E-state index is 0.0965. The smallest absolute Gasteiger partial charge is 0.0201 e. The van der Waals surface area contributed by atoms with Crippen molar-refractivity contribution in [1.82, 2.24) is 0 Å². The molecule has 0 bridgehead atoms. The van der Waals surface area contributed by atoms with Gasteiger partial charge in [-0.3, -0.25) is 0 Å². The summed E-state index contributed by atoms with van der Waals surface area (Å²) in [6, 6.07) is 0. The third-order valence-electron chi connectivity index (χ3n) is 24.5. The second kappa shape index (κ2) is 11.7. The molecule has 0 saturated heterocycles. The van der Waals surface area contributed by atoms with Gasteiger partial charge in [-0.15, -0.1) is 0 Å². The maximum absolute atomic E-state index is 10.6. The van der Waals surface area contributed by atoms with Gasteiger partial charge in [-0.2, -0.15) is 0 Å². The molecule has 9 heteroatoms. The second-order valence-corrected chi connectivity index (χ2v) is 24.0. The van der Waals surface area contributed by atoms with Crippen LogP contribution in [0.15, 0.2) is 0 Å². The van der Waals surface area contributed by atoms with Gasteiger partial charge in [0.25, 0.3) is 0 Å². The van der Waals surface area contributed by atoms with Crippen molar-refractivity contribution in [3.63, 3.8) is 0 Å². The first-order valence-electron chi connectivity index (χ1n) is 24.6. The van der Waals surface area contributed by atoms with Gasteiger partial charge >= 0.3 is 0 Å². The molecule has 0 aromatic rings. The Morgan fingerprint density at radius 3 is 1.36 bits per heavy atom. The fraction of sp³-hybridized carbons (Fsp3) is 1.00. The first-order valence-corrected chi connectivity index (χ1v) is 24.6. The highest BCUT2D eigenvalue weighted by atomic mass is 16.5. The van der Waals surface area contributed by atoms with Crippen molar-refractivity contribution in [2.45, 2.75) is 115 Å². The van der Waals surface area contributed by atoms with Crippen LogP contribution in [0, 0.1) is 166 Å². The minimum atomic E-state index is -0.214. The van der Waals surface area contributed by atoms with Crippen LogP contribution in [-0.4, -0.2) is 56.4 Å². The van der Waals surface area contributed by atoms with Crippen LogP contribution in [0.3, 0.4) is 0 Å². The zero-order chi connectivity index (χ0) is 35.7. The summed E-state index contributed by atoms with van der Waals surface area (Å²) in [5.74, 6) is 23.8. The van der Waals surface area contributed by atoms with E-state index in [2.05, 4.69) is 0 Å². The first kappa shape index (κ1) is 33.6. The highest BCUT2D eigenvalue weighted by molar-refractivity contribution is 6.16. The largest absolute Gasteiger partial charge is 0.639 e. The first-order chi connectivity index (χ1) is 27.2. The molecule has 296 valence electrons. The molecule has 15 rings (SSSR count). The van der Waals surface area contributed by atoms with E-state index in [1.165, 1.54) is 38.5 Å². The summed E-state index contributed by atoms with van der Waals surface area (Å²) < 4.78 is 19.3. The fourth-order valence-corrected chi connectivity index (χ4v) is 25.2. The number of hydrogen-bond acceptors (Lipinski definition) is 6. The van der Waals surface area contributed by atoms with Crippen LogP contribution in [0.5, 0.6) is 0 Å². The third kappa shape index (κ3) is 3.79. The van der Waals surface area contributed by atoms with Crippen LogP contribution in [0.2, 0.25) is 0 Å². The van der Waals surface area contributed by atoms with Crippen LogP contribution < -0.4 is 0 Å². The van der Waals surface area contributed by atoms with Crippen molar-refractivity contribution < 1.29 is 29.0 Å². The Kier molecular flexibility index (Phi) is 7.13. The molecular formula is C46H64B3O6-3. The molecule has 55 heavy (non-hydrogen) atoms. The van der Waals surface area contributed by atoms with Gasteiger partial charge < -0.3 is 29.0 Å². The molecule has 6 nitrogen and oxygen atoms in total. The average Bonchev–Trinajstić information content (AvgIpc) is 3.21. The van der Waals surface area contributed by atoms with Crippen molar-refractivity contribution in [1.29, 1.82) is 0 Å². The van der Waals surface area contributed by atoms with Gasteiger partial charge in [-0.05, 0) is 260 Å². The number of rotatable bonds is 6. The van der Waals surface area contributed by atoms with Crippen LogP contribution in [0.25, 0.3) is 0 Å². The van der Waals surface area contributed by atoms with E-state index in [4.69, 9.17) is 14.0 Å². The third-order valence-corrected chi connectivity index (χ3v) is 24.5. The van der Waals surface area contributed by atoms with E-state index in [-0.39, 0.29) is 30.1 Å². The summed E-state index contributed by atoms with van der Waals surface area (Å²) in [5, 5.41) is 31.2. The molecule has 0 aliphatic heterocycles. The molecular weight excluding hydrogens is 681 g/mol. The average molecular weight is 745 g/mol. The normalized spacial score (nSPS) is 68.9. The predicted octanol–water partition coefficient (Wildman–Crippen LogP) is 6.03. The van der Waals surface area contributed by atoms with Crippen molar-refractivity contribution >= 4 is 23.1 Å². The maximum atomic E-state index is 10.6. The molecule has 31 unspecified atom stereocenters. The van der Waals surface area contributed by atoms with Gasteiger partial charge in [0.05, 0.1) is 0 Å². The lowest BCUT2D eigenvalue weighted by molar-refractivity contribution is -0.374. The Morgan fingerprint density at radius 1 is 0.291 bits per heavy atom. The van der Waals surface area contributed by atoms with Gasteiger partial charge in [0.1, 0.15) is 0 Å². The maximum Gasteiger partial charge on any atom is 0.0201 e. The van der Waals surface area contributed by atoms with E-state index in [9.17, 15) is 15.1 Å². The summed E-state index contributed by atoms with van der Waals surface area (Å²) in [5.41, 5.74) is 0. The molecule has 15 aliphatic carbocycles. The Hall–Kier alpha value is -0.0452. The van der Waals surface area contributed by atoms with Crippen molar-refractivity contribution in [3.05, 3.63) is 0 Å². The zero-order valence-electron chi connectivity index (χ0n) is 32.8. The van der Waals surface area contributed by atoms with Gasteiger partial charge in [-0.25, -0.2) is 0 Å². The van der Waals surface area contributed by atoms with E-state index in [1.54, 1.807) is 44.9 Å². The lowest BCUT2D eigenvalue weighted by Gasteiger charge is -2.84. The molecule has 0 heterocycles. The van der Waals surface area contributed by atoms with Gasteiger partial charge in [-0.1, -0.05) is 12.8 Å². The monoisotopic (exact) mass is 745 g/mol.